The van der Waals surface area contributed by atoms with Crippen LogP contribution in [0.15, 0.2) is 11.3 Å². The number of ketones is 1. The van der Waals surface area contributed by atoms with Crippen LogP contribution in [0.1, 0.15) is 66.7 Å². The fourth-order valence-corrected chi connectivity index (χ4v) is 5.97. The number of hydrogen-bond donors (Lipinski definition) is 1. The summed E-state index contributed by atoms with van der Waals surface area (Å²) >= 11 is 0. The molecule has 0 amide bonds. The van der Waals surface area contributed by atoms with Gasteiger partial charge in [0, 0.05) is 5.92 Å². The number of fused-ring (bicyclic) bond motifs is 2. The fraction of sp³-hybridized carbons (Fsp3) is 0.850. The molecule has 6 atom stereocenters. The standard InChI is InChI=1S/C20H32O2/c1-11(2)14-8-9-20(5)10-15-13(4)18(21)19(22)17(15)12(3)6-7-16(14)20/h11-16,22H,6-10H2,1-5H3/t12-,13+,14+,15-,16-,20+/m0/s1. The quantitative estimate of drug-likeness (QED) is 0.728. The first-order chi connectivity index (χ1) is 10.3. The predicted octanol–water partition coefficient (Wildman–Crippen LogP) is 5.14. The molecule has 0 aromatic heterocycles. The van der Waals surface area contributed by atoms with Crippen LogP contribution in [0.25, 0.3) is 0 Å². The van der Waals surface area contributed by atoms with E-state index in [0.717, 1.165) is 36.2 Å². The first-order valence-corrected chi connectivity index (χ1v) is 9.23. The Morgan fingerprint density at radius 2 is 1.86 bits per heavy atom. The first kappa shape index (κ1) is 16.1. The second-order valence-electron chi connectivity index (χ2n) is 8.95. The summed E-state index contributed by atoms with van der Waals surface area (Å²) in [5.74, 6) is 3.11. The third-order valence-corrected chi connectivity index (χ3v) is 7.37. The van der Waals surface area contributed by atoms with Crippen LogP contribution in [0.3, 0.4) is 0 Å². The van der Waals surface area contributed by atoms with Gasteiger partial charge in [-0.15, -0.1) is 0 Å². The Kier molecular flexibility index (Phi) is 3.94. The molecule has 0 spiro atoms. The Morgan fingerprint density at radius 1 is 1.18 bits per heavy atom. The maximum Gasteiger partial charge on any atom is 0.200 e. The number of Topliss-reactive ketones (excluding diaryl/α,β-unsaturated/α-hetero) is 1. The van der Waals surface area contributed by atoms with Crippen LogP contribution in [-0.2, 0) is 4.79 Å². The molecule has 3 aliphatic carbocycles. The molecule has 2 heteroatoms. The lowest BCUT2D eigenvalue weighted by atomic mass is 9.62. The number of hydrogen-bond acceptors (Lipinski definition) is 2. The van der Waals surface area contributed by atoms with Gasteiger partial charge in [0.2, 0.25) is 0 Å². The van der Waals surface area contributed by atoms with E-state index in [4.69, 9.17) is 0 Å². The molecule has 0 heterocycles. The predicted molar refractivity (Wildman–Crippen MR) is 89.5 cm³/mol. The monoisotopic (exact) mass is 304 g/mol. The molecule has 2 fully saturated rings. The van der Waals surface area contributed by atoms with Gasteiger partial charge < -0.3 is 5.11 Å². The average molecular weight is 304 g/mol. The highest BCUT2D eigenvalue weighted by atomic mass is 16.3. The second kappa shape index (κ2) is 5.39. The number of rotatable bonds is 1. The summed E-state index contributed by atoms with van der Waals surface area (Å²) < 4.78 is 0. The fourth-order valence-electron chi connectivity index (χ4n) is 5.97. The lowest BCUT2D eigenvalue weighted by molar-refractivity contribution is -0.121. The highest BCUT2D eigenvalue weighted by Gasteiger charge is 2.52. The molecule has 1 N–H and O–H groups in total. The number of aliphatic hydroxyl groups is 1. The van der Waals surface area contributed by atoms with E-state index in [1.807, 2.05) is 6.92 Å². The minimum Gasteiger partial charge on any atom is -0.504 e. The zero-order valence-electron chi connectivity index (χ0n) is 14.9. The SMILES string of the molecule is CC(C)[C@H]1CC[C@]2(C)C[C@@H]3C(=C(O)C(=O)[C@@H]3C)[C@@H](C)CC[C@@H]12. The normalized spacial score (nSPS) is 45.7. The van der Waals surface area contributed by atoms with Gasteiger partial charge >= 0.3 is 0 Å². The highest BCUT2D eigenvalue weighted by molar-refractivity contribution is 5.98. The van der Waals surface area contributed by atoms with Gasteiger partial charge in [0.15, 0.2) is 11.5 Å². The molecule has 22 heavy (non-hydrogen) atoms. The van der Waals surface area contributed by atoms with Crippen molar-refractivity contribution in [3.05, 3.63) is 11.3 Å². The van der Waals surface area contributed by atoms with Crippen molar-refractivity contribution >= 4 is 5.78 Å². The average Bonchev–Trinajstić information content (AvgIpc) is 2.86. The van der Waals surface area contributed by atoms with Crippen LogP contribution in [-0.4, -0.2) is 10.9 Å². The van der Waals surface area contributed by atoms with Gasteiger partial charge in [0.25, 0.3) is 0 Å². The zero-order chi connectivity index (χ0) is 16.2. The van der Waals surface area contributed by atoms with E-state index in [0.29, 0.717) is 11.3 Å². The van der Waals surface area contributed by atoms with Crippen LogP contribution in [0.2, 0.25) is 0 Å². The van der Waals surface area contributed by atoms with Gasteiger partial charge in [-0.3, -0.25) is 4.79 Å². The molecular formula is C20H32O2. The third-order valence-electron chi connectivity index (χ3n) is 7.37. The van der Waals surface area contributed by atoms with Crippen LogP contribution in [0.5, 0.6) is 0 Å². The van der Waals surface area contributed by atoms with E-state index in [2.05, 4.69) is 27.7 Å². The summed E-state index contributed by atoms with van der Waals surface area (Å²) in [5, 5.41) is 10.3. The van der Waals surface area contributed by atoms with E-state index < -0.39 is 0 Å². The lowest BCUT2D eigenvalue weighted by Gasteiger charge is -2.42. The maximum atomic E-state index is 12.3. The topological polar surface area (TPSA) is 37.3 Å². The number of carbonyl (C=O) groups is 1. The van der Waals surface area contributed by atoms with Gasteiger partial charge in [0.05, 0.1) is 0 Å². The molecule has 0 aromatic rings. The minimum atomic E-state index is -0.0221. The molecule has 0 saturated heterocycles. The second-order valence-corrected chi connectivity index (χ2v) is 8.95. The third kappa shape index (κ3) is 2.25. The molecule has 3 aliphatic rings. The van der Waals surface area contributed by atoms with Crippen LogP contribution < -0.4 is 0 Å². The van der Waals surface area contributed by atoms with Crippen LogP contribution in [0.4, 0.5) is 0 Å². The van der Waals surface area contributed by atoms with Gasteiger partial charge in [-0.05, 0) is 72.7 Å². The van der Waals surface area contributed by atoms with E-state index in [9.17, 15) is 9.90 Å². The Bertz CT molecular complexity index is 504. The summed E-state index contributed by atoms with van der Waals surface area (Å²) in [6.07, 6.45) is 6.11. The minimum absolute atomic E-state index is 0.00712. The Labute approximate surface area is 135 Å². The van der Waals surface area contributed by atoms with Crippen molar-refractivity contribution in [2.24, 2.45) is 40.9 Å². The molecule has 2 nitrogen and oxygen atoms in total. The molecule has 3 rings (SSSR count). The summed E-state index contributed by atoms with van der Waals surface area (Å²) in [5.41, 5.74) is 1.44. The summed E-state index contributed by atoms with van der Waals surface area (Å²) in [4.78, 5) is 12.3. The Hall–Kier alpha value is -0.790. The summed E-state index contributed by atoms with van der Waals surface area (Å²) in [6, 6.07) is 0. The largest absolute Gasteiger partial charge is 0.504 e. The lowest BCUT2D eigenvalue weighted by Crippen LogP contribution is -2.34. The smallest absolute Gasteiger partial charge is 0.200 e. The number of allylic oxidation sites excluding steroid dienone is 2. The summed E-state index contributed by atoms with van der Waals surface area (Å²) in [7, 11) is 0. The van der Waals surface area contributed by atoms with Crippen molar-refractivity contribution in [2.45, 2.75) is 66.7 Å². The van der Waals surface area contributed by atoms with Crippen molar-refractivity contribution < 1.29 is 9.90 Å². The van der Waals surface area contributed by atoms with Crippen LogP contribution in [0, 0.1) is 40.9 Å². The van der Waals surface area contributed by atoms with E-state index in [1.54, 1.807) is 0 Å². The Morgan fingerprint density at radius 3 is 2.50 bits per heavy atom. The molecule has 0 aliphatic heterocycles. The van der Waals surface area contributed by atoms with Crippen molar-refractivity contribution in [1.82, 2.24) is 0 Å². The van der Waals surface area contributed by atoms with Gasteiger partial charge in [0.1, 0.15) is 0 Å². The zero-order valence-corrected chi connectivity index (χ0v) is 14.9. The molecule has 0 radical (unpaired) electrons. The van der Waals surface area contributed by atoms with Crippen molar-refractivity contribution in [1.29, 1.82) is 0 Å². The summed E-state index contributed by atoms with van der Waals surface area (Å²) in [6.45, 7) is 11.4. The first-order valence-electron chi connectivity index (χ1n) is 9.23. The van der Waals surface area contributed by atoms with Gasteiger partial charge in [-0.1, -0.05) is 34.6 Å². The van der Waals surface area contributed by atoms with Gasteiger partial charge in [-0.25, -0.2) is 0 Å². The molecule has 0 aromatic carbocycles. The van der Waals surface area contributed by atoms with E-state index in [1.165, 1.54) is 19.3 Å². The maximum absolute atomic E-state index is 12.3. The molecule has 2 saturated carbocycles. The molecule has 124 valence electrons. The molecular weight excluding hydrogens is 272 g/mol. The van der Waals surface area contributed by atoms with Crippen LogP contribution >= 0.6 is 0 Å². The van der Waals surface area contributed by atoms with E-state index in [-0.39, 0.29) is 23.4 Å². The van der Waals surface area contributed by atoms with Crippen molar-refractivity contribution in [2.75, 3.05) is 0 Å². The molecule has 0 unspecified atom stereocenters. The highest BCUT2D eigenvalue weighted by Crippen LogP contribution is 2.59. The van der Waals surface area contributed by atoms with Gasteiger partial charge in [-0.2, -0.15) is 0 Å². The number of aliphatic hydroxyl groups excluding tert-OH is 1. The van der Waals surface area contributed by atoms with Crippen molar-refractivity contribution in [3.63, 3.8) is 0 Å². The molecule has 0 bridgehead atoms. The Balaban J connectivity index is 1.96. The van der Waals surface area contributed by atoms with E-state index >= 15 is 0 Å². The van der Waals surface area contributed by atoms with Crippen molar-refractivity contribution in [3.8, 4) is 0 Å². The number of carbonyl (C=O) groups excluding carboxylic acids is 1.